The number of hydrogen-bond donors (Lipinski definition) is 1. The number of aromatic nitrogens is 1. The van der Waals surface area contributed by atoms with Crippen LogP contribution in [0.3, 0.4) is 0 Å². The van der Waals surface area contributed by atoms with Gasteiger partial charge in [0.1, 0.15) is 0 Å². The Kier molecular flexibility index (Phi) is 2.71. The number of thioether (sulfide) groups is 1. The van der Waals surface area contributed by atoms with E-state index in [1.807, 2.05) is 18.5 Å². The van der Waals surface area contributed by atoms with Crippen LogP contribution in [0.1, 0.15) is 0 Å². The maximum Gasteiger partial charge on any atom is 0.0958 e. The predicted molar refractivity (Wildman–Crippen MR) is 54.2 cm³/mol. The molecule has 1 fully saturated rings. The van der Waals surface area contributed by atoms with Crippen molar-refractivity contribution in [3.05, 3.63) is 18.3 Å². The molecule has 1 aliphatic rings. The third-order valence-corrected chi connectivity index (χ3v) is 2.61. The van der Waals surface area contributed by atoms with Crippen LogP contribution in [0.15, 0.2) is 23.4 Å². The third-order valence-electron chi connectivity index (χ3n) is 1.95. The van der Waals surface area contributed by atoms with Crippen LogP contribution in [0.4, 0.5) is 5.69 Å². The van der Waals surface area contributed by atoms with E-state index in [1.54, 1.807) is 11.8 Å². The number of anilines is 1. The summed E-state index contributed by atoms with van der Waals surface area (Å²) in [6.07, 6.45) is 3.89. The zero-order valence-corrected chi connectivity index (χ0v) is 8.30. The van der Waals surface area contributed by atoms with Crippen molar-refractivity contribution in [2.24, 2.45) is 0 Å². The summed E-state index contributed by atoms with van der Waals surface area (Å²) >= 11 is 1.65. The van der Waals surface area contributed by atoms with Crippen molar-refractivity contribution < 1.29 is 4.74 Å². The molecular formula is C9H12N2OS. The molecule has 0 unspecified atom stereocenters. The van der Waals surface area contributed by atoms with Gasteiger partial charge in [0.25, 0.3) is 0 Å². The Morgan fingerprint density at radius 2 is 2.38 bits per heavy atom. The van der Waals surface area contributed by atoms with Gasteiger partial charge in [0, 0.05) is 0 Å². The maximum atomic E-state index is 5.06. The van der Waals surface area contributed by atoms with Gasteiger partial charge in [-0.3, -0.25) is 0 Å². The molecule has 1 N–H and O–H groups in total. The van der Waals surface area contributed by atoms with E-state index in [0.29, 0.717) is 6.04 Å². The summed E-state index contributed by atoms with van der Waals surface area (Å²) in [4.78, 5) is 4.27. The summed E-state index contributed by atoms with van der Waals surface area (Å²) in [5.41, 5.74) is 1.08. The normalized spacial score (nSPS) is 16.7. The lowest BCUT2D eigenvalue weighted by atomic mass is 10.2. The van der Waals surface area contributed by atoms with Gasteiger partial charge in [-0.05, 0) is 18.4 Å². The van der Waals surface area contributed by atoms with Crippen LogP contribution in [0.2, 0.25) is 0 Å². The highest BCUT2D eigenvalue weighted by molar-refractivity contribution is 7.98. The molecule has 0 amide bonds. The third kappa shape index (κ3) is 2.14. The SMILES string of the molecule is CSc1ccc(NC2COC2)cn1. The molecule has 3 nitrogen and oxygen atoms in total. The van der Waals surface area contributed by atoms with E-state index in [2.05, 4.69) is 16.4 Å². The van der Waals surface area contributed by atoms with Crippen molar-refractivity contribution in [3.8, 4) is 0 Å². The lowest BCUT2D eigenvalue weighted by Gasteiger charge is -2.27. The van der Waals surface area contributed by atoms with Crippen LogP contribution in [-0.4, -0.2) is 30.5 Å². The van der Waals surface area contributed by atoms with E-state index in [4.69, 9.17) is 4.74 Å². The molecule has 0 saturated carbocycles. The second-order valence-electron chi connectivity index (χ2n) is 2.97. The van der Waals surface area contributed by atoms with Crippen molar-refractivity contribution in [2.45, 2.75) is 11.1 Å². The highest BCUT2D eigenvalue weighted by Gasteiger charge is 2.17. The van der Waals surface area contributed by atoms with Crippen LogP contribution < -0.4 is 5.32 Å². The minimum absolute atomic E-state index is 0.474. The largest absolute Gasteiger partial charge is 0.377 e. The van der Waals surface area contributed by atoms with Crippen molar-refractivity contribution in [1.82, 2.24) is 4.98 Å². The molecule has 70 valence electrons. The first-order chi connectivity index (χ1) is 6.38. The minimum Gasteiger partial charge on any atom is -0.377 e. The van der Waals surface area contributed by atoms with Gasteiger partial charge in [0.15, 0.2) is 0 Å². The van der Waals surface area contributed by atoms with Crippen molar-refractivity contribution in [1.29, 1.82) is 0 Å². The second kappa shape index (κ2) is 3.98. The standard InChI is InChI=1S/C9H12N2OS/c1-13-9-3-2-7(4-10-9)11-8-5-12-6-8/h2-4,8,11H,5-6H2,1H3. The summed E-state index contributed by atoms with van der Waals surface area (Å²) in [5, 5.41) is 4.38. The molecule has 0 atom stereocenters. The average Bonchev–Trinajstić information content (AvgIpc) is 2.12. The Balaban J connectivity index is 1.96. The fourth-order valence-corrected chi connectivity index (χ4v) is 1.50. The molecule has 1 aromatic heterocycles. The molecule has 2 heterocycles. The number of ether oxygens (including phenoxy) is 1. The molecule has 0 aliphatic carbocycles. The molecule has 0 bridgehead atoms. The summed E-state index contributed by atoms with van der Waals surface area (Å²) in [6.45, 7) is 1.62. The number of nitrogens with one attached hydrogen (secondary N) is 1. The molecule has 1 aliphatic heterocycles. The number of pyridine rings is 1. The Bertz CT molecular complexity index is 271. The van der Waals surface area contributed by atoms with E-state index in [9.17, 15) is 0 Å². The van der Waals surface area contributed by atoms with Gasteiger partial charge in [0.2, 0.25) is 0 Å². The maximum absolute atomic E-state index is 5.06. The topological polar surface area (TPSA) is 34.1 Å². The second-order valence-corrected chi connectivity index (χ2v) is 3.79. The minimum atomic E-state index is 0.474. The summed E-state index contributed by atoms with van der Waals surface area (Å²) in [7, 11) is 0. The van der Waals surface area contributed by atoms with Crippen LogP contribution in [0.25, 0.3) is 0 Å². The van der Waals surface area contributed by atoms with Crippen molar-refractivity contribution >= 4 is 17.4 Å². The van der Waals surface area contributed by atoms with Crippen molar-refractivity contribution in [2.75, 3.05) is 24.8 Å². The quantitative estimate of drug-likeness (QED) is 0.745. The molecule has 0 radical (unpaired) electrons. The Labute approximate surface area is 81.9 Å². The van der Waals surface area contributed by atoms with Gasteiger partial charge in [-0.25, -0.2) is 4.98 Å². The Morgan fingerprint density at radius 1 is 1.54 bits per heavy atom. The molecule has 1 saturated heterocycles. The van der Waals surface area contributed by atoms with E-state index in [0.717, 1.165) is 23.9 Å². The van der Waals surface area contributed by atoms with Gasteiger partial charge in [-0.2, -0.15) is 0 Å². The van der Waals surface area contributed by atoms with Gasteiger partial charge in [-0.15, -0.1) is 11.8 Å². The summed E-state index contributed by atoms with van der Waals surface area (Å²) in [5.74, 6) is 0. The lowest BCUT2D eigenvalue weighted by Crippen LogP contribution is -2.40. The highest BCUT2D eigenvalue weighted by atomic mass is 32.2. The molecule has 0 spiro atoms. The van der Waals surface area contributed by atoms with Crippen LogP contribution >= 0.6 is 11.8 Å². The first kappa shape index (κ1) is 8.84. The van der Waals surface area contributed by atoms with Crippen LogP contribution in [-0.2, 0) is 4.74 Å². The first-order valence-electron chi connectivity index (χ1n) is 4.23. The lowest BCUT2D eigenvalue weighted by molar-refractivity contribution is 0.0211. The van der Waals surface area contributed by atoms with E-state index in [-0.39, 0.29) is 0 Å². The fourth-order valence-electron chi connectivity index (χ4n) is 1.14. The van der Waals surface area contributed by atoms with Crippen LogP contribution in [0.5, 0.6) is 0 Å². The Hall–Kier alpha value is -0.740. The van der Waals surface area contributed by atoms with Gasteiger partial charge in [-0.1, -0.05) is 0 Å². The molecule has 4 heteroatoms. The molecule has 2 rings (SSSR count). The molecule has 0 aromatic carbocycles. The molecule has 13 heavy (non-hydrogen) atoms. The van der Waals surface area contributed by atoms with E-state index >= 15 is 0 Å². The van der Waals surface area contributed by atoms with Gasteiger partial charge in [0.05, 0.1) is 36.2 Å². The summed E-state index contributed by atoms with van der Waals surface area (Å²) in [6, 6.07) is 4.55. The number of rotatable bonds is 3. The molecular weight excluding hydrogens is 184 g/mol. The average molecular weight is 196 g/mol. The van der Waals surface area contributed by atoms with Gasteiger partial charge >= 0.3 is 0 Å². The van der Waals surface area contributed by atoms with E-state index in [1.165, 1.54) is 0 Å². The zero-order valence-electron chi connectivity index (χ0n) is 7.49. The van der Waals surface area contributed by atoms with Crippen LogP contribution in [0, 0.1) is 0 Å². The van der Waals surface area contributed by atoms with Gasteiger partial charge < -0.3 is 10.1 Å². The summed E-state index contributed by atoms with van der Waals surface area (Å²) < 4.78 is 5.06. The fraction of sp³-hybridized carbons (Fsp3) is 0.444. The smallest absolute Gasteiger partial charge is 0.0958 e. The molecule has 1 aromatic rings. The predicted octanol–water partition coefficient (Wildman–Crippen LogP) is 1.61. The highest BCUT2D eigenvalue weighted by Crippen LogP contribution is 2.15. The Morgan fingerprint density at radius 3 is 2.85 bits per heavy atom. The van der Waals surface area contributed by atoms with Crippen molar-refractivity contribution in [3.63, 3.8) is 0 Å². The number of hydrogen-bond acceptors (Lipinski definition) is 4. The zero-order chi connectivity index (χ0) is 9.10. The first-order valence-corrected chi connectivity index (χ1v) is 5.45. The monoisotopic (exact) mass is 196 g/mol. The number of nitrogens with zero attached hydrogens (tertiary/aromatic N) is 1. The van der Waals surface area contributed by atoms with E-state index < -0.39 is 0 Å².